The van der Waals surface area contributed by atoms with Crippen LogP contribution in [0.1, 0.15) is 66.2 Å². The minimum absolute atomic E-state index is 0.188. The Hall–Kier alpha value is -1.81. The molecule has 0 fully saturated rings. The largest absolute Gasteiger partial charge is 0.384 e. The Balaban J connectivity index is 1.56. The lowest BCUT2D eigenvalue weighted by Crippen LogP contribution is -2.27. The summed E-state index contributed by atoms with van der Waals surface area (Å²) in [4.78, 5) is 16.4. The number of carbonyl (C=O) groups excluding carboxylic acids is 1. The monoisotopic (exact) mass is 417 g/mol. The lowest BCUT2D eigenvalue weighted by molar-refractivity contribution is -0.122. The van der Waals surface area contributed by atoms with Crippen LogP contribution in [0.5, 0.6) is 0 Å². The van der Waals surface area contributed by atoms with E-state index in [4.69, 9.17) is 11.6 Å². The van der Waals surface area contributed by atoms with Gasteiger partial charge in [-0.3, -0.25) is 9.78 Å². The fraction of sp³-hybridized carbons (Fsp3) is 0.583. The molecule has 0 aliphatic rings. The van der Waals surface area contributed by atoms with E-state index in [1.807, 2.05) is 30.5 Å². The number of benzene rings is 1. The topological polar surface area (TPSA) is 54.0 Å². The normalized spacial score (nSPS) is 12.7. The number of hydrogen-bond acceptors (Lipinski definition) is 3. The van der Waals surface area contributed by atoms with Crippen LogP contribution >= 0.6 is 11.6 Å². The summed E-state index contributed by atoms with van der Waals surface area (Å²) in [5, 5.41) is 8.38. The van der Waals surface area contributed by atoms with Crippen LogP contribution in [0, 0.1) is 11.3 Å². The number of rotatable bonds is 11. The highest BCUT2D eigenvalue weighted by Gasteiger charge is 2.17. The standard InChI is InChI=1S/C24H36ClN3O/c1-18(17-24(2,3)4)15-23(29)28-13-8-6-5-7-12-26-21-11-14-27-22-16-19(25)9-10-20(21)22/h9-11,14,16,18H,5-8,12-13,15,17H2,1-4H3,(H,26,27)(H,28,29). The number of unbranched alkanes of at least 4 members (excludes halogenated alkanes) is 3. The second kappa shape index (κ2) is 11.4. The minimum atomic E-state index is 0.188. The molecule has 160 valence electrons. The Morgan fingerprint density at radius 1 is 1.10 bits per heavy atom. The van der Waals surface area contributed by atoms with Crippen molar-refractivity contribution < 1.29 is 4.79 Å². The van der Waals surface area contributed by atoms with Crippen molar-refractivity contribution in [2.75, 3.05) is 18.4 Å². The second-order valence-corrected chi connectivity index (χ2v) is 9.72. The van der Waals surface area contributed by atoms with E-state index in [9.17, 15) is 4.79 Å². The van der Waals surface area contributed by atoms with Crippen LogP contribution in [0.2, 0.25) is 5.02 Å². The maximum atomic E-state index is 12.0. The van der Waals surface area contributed by atoms with Crippen molar-refractivity contribution in [2.24, 2.45) is 11.3 Å². The van der Waals surface area contributed by atoms with Gasteiger partial charge in [0.2, 0.25) is 5.91 Å². The number of anilines is 1. The highest BCUT2D eigenvalue weighted by Crippen LogP contribution is 2.26. The van der Waals surface area contributed by atoms with Crippen LogP contribution < -0.4 is 10.6 Å². The van der Waals surface area contributed by atoms with E-state index in [0.29, 0.717) is 17.4 Å². The first-order valence-electron chi connectivity index (χ1n) is 10.8. The first-order valence-corrected chi connectivity index (χ1v) is 11.2. The summed E-state index contributed by atoms with van der Waals surface area (Å²) in [6.07, 6.45) is 7.94. The van der Waals surface area contributed by atoms with Gasteiger partial charge in [0, 0.05) is 41.8 Å². The van der Waals surface area contributed by atoms with Gasteiger partial charge in [-0.1, -0.05) is 52.1 Å². The molecule has 4 nitrogen and oxygen atoms in total. The van der Waals surface area contributed by atoms with Crippen LogP contribution in [0.3, 0.4) is 0 Å². The summed E-state index contributed by atoms with van der Waals surface area (Å²) in [5.41, 5.74) is 2.29. The number of amides is 1. The molecule has 0 saturated heterocycles. The molecule has 29 heavy (non-hydrogen) atoms. The summed E-state index contributed by atoms with van der Waals surface area (Å²) in [6, 6.07) is 7.81. The molecule has 1 aromatic carbocycles. The Morgan fingerprint density at radius 2 is 1.83 bits per heavy atom. The predicted molar refractivity (Wildman–Crippen MR) is 125 cm³/mol. The molecule has 0 aliphatic carbocycles. The van der Waals surface area contributed by atoms with Crippen LogP contribution in [-0.2, 0) is 4.79 Å². The molecule has 0 spiro atoms. The summed E-state index contributed by atoms with van der Waals surface area (Å²) in [6.45, 7) is 10.6. The third kappa shape index (κ3) is 9.03. The van der Waals surface area contributed by atoms with E-state index in [1.165, 1.54) is 0 Å². The molecule has 2 rings (SSSR count). The smallest absolute Gasteiger partial charge is 0.220 e. The molecular formula is C24H36ClN3O. The lowest BCUT2D eigenvalue weighted by Gasteiger charge is -2.22. The zero-order chi connectivity index (χ0) is 21.3. The van der Waals surface area contributed by atoms with Crippen molar-refractivity contribution in [3.63, 3.8) is 0 Å². The van der Waals surface area contributed by atoms with E-state index in [-0.39, 0.29) is 11.3 Å². The van der Waals surface area contributed by atoms with E-state index in [1.54, 1.807) is 0 Å². The minimum Gasteiger partial charge on any atom is -0.384 e. The number of hydrogen-bond donors (Lipinski definition) is 2. The van der Waals surface area contributed by atoms with Gasteiger partial charge in [-0.25, -0.2) is 0 Å². The van der Waals surface area contributed by atoms with Crippen molar-refractivity contribution in [2.45, 2.75) is 66.2 Å². The first-order chi connectivity index (χ1) is 13.7. The highest BCUT2D eigenvalue weighted by atomic mass is 35.5. The Labute approximate surface area is 180 Å². The fourth-order valence-corrected chi connectivity index (χ4v) is 4.00. The second-order valence-electron chi connectivity index (χ2n) is 9.29. The lowest BCUT2D eigenvalue weighted by atomic mass is 9.84. The number of nitrogens with one attached hydrogen (secondary N) is 2. The SMILES string of the molecule is CC(CC(=O)NCCCCCCNc1ccnc2cc(Cl)ccc12)CC(C)(C)C. The van der Waals surface area contributed by atoms with E-state index < -0.39 is 0 Å². The third-order valence-corrected chi connectivity index (χ3v) is 5.18. The van der Waals surface area contributed by atoms with Crippen molar-refractivity contribution >= 4 is 34.1 Å². The zero-order valence-corrected chi connectivity index (χ0v) is 19.1. The van der Waals surface area contributed by atoms with Crippen LogP contribution in [0.25, 0.3) is 10.9 Å². The molecule has 1 aromatic heterocycles. The van der Waals surface area contributed by atoms with Gasteiger partial charge in [0.1, 0.15) is 0 Å². The molecular weight excluding hydrogens is 382 g/mol. The Morgan fingerprint density at radius 3 is 2.55 bits per heavy atom. The van der Waals surface area contributed by atoms with E-state index in [0.717, 1.165) is 61.8 Å². The van der Waals surface area contributed by atoms with Crippen molar-refractivity contribution in [1.29, 1.82) is 0 Å². The van der Waals surface area contributed by atoms with Gasteiger partial charge in [-0.15, -0.1) is 0 Å². The molecule has 2 N–H and O–H groups in total. The molecule has 2 aromatic rings. The fourth-order valence-electron chi connectivity index (χ4n) is 3.84. The molecule has 0 bridgehead atoms. The number of carbonyl (C=O) groups is 1. The van der Waals surface area contributed by atoms with Gasteiger partial charge in [0.15, 0.2) is 0 Å². The summed E-state index contributed by atoms with van der Waals surface area (Å²) >= 11 is 6.04. The third-order valence-electron chi connectivity index (χ3n) is 4.94. The maximum absolute atomic E-state index is 12.0. The first kappa shape index (κ1) is 23.5. The number of fused-ring (bicyclic) bond motifs is 1. The molecule has 0 radical (unpaired) electrons. The Bertz CT molecular complexity index is 785. The molecule has 1 heterocycles. The van der Waals surface area contributed by atoms with E-state index in [2.05, 4.69) is 43.3 Å². The van der Waals surface area contributed by atoms with Crippen LogP contribution in [-0.4, -0.2) is 24.0 Å². The van der Waals surface area contributed by atoms with Gasteiger partial charge in [0.25, 0.3) is 0 Å². The van der Waals surface area contributed by atoms with Crippen LogP contribution in [0.15, 0.2) is 30.5 Å². The predicted octanol–water partition coefficient (Wildman–Crippen LogP) is 6.44. The average molecular weight is 418 g/mol. The highest BCUT2D eigenvalue weighted by molar-refractivity contribution is 6.31. The summed E-state index contributed by atoms with van der Waals surface area (Å²) in [7, 11) is 0. The summed E-state index contributed by atoms with van der Waals surface area (Å²) < 4.78 is 0. The number of aromatic nitrogens is 1. The molecule has 1 unspecified atom stereocenters. The van der Waals surface area contributed by atoms with E-state index >= 15 is 0 Å². The zero-order valence-electron chi connectivity index (χ0n) is 18.4. The Kier molecular flexibility index (Phi) is 9.22. The average Bonchev–Trinajstić information content (AvgIpc) is 2.61. The van der Waals surface area contributed by atoms with Crippen LogP contribution in [0.4, 0.5) is 5.69 Å². The molecule has 1 amide bonds. The van der Waals surface area contributed by atoms with Gasteiger partial charge >= 0.3 is 0 Å². The summed E-state index contributed by atoms with van der Waals surface area (Å²) in [5.74, 6) is 0.620. The van der Waals surface area contributed by atoms with Gasteiger partial charge in [-0.05, 0) is 54.9 Å². The quantitative estimate of drug-likeness (QED) is 0.413. The number of pyridine rings is 1. The van der Waals surface area contributed by atoms with Crippen molar-refractivity contribution in [3.05, 3.63) is 35.5 Å². The molecule has 5 heteroatoms. The number of halogens is 1. The van der Waals surface area contributed by atoms with Crippen molar-refractivity contribution in [3.8, 4) is 0 Å². The van der Waals surface area contributed by atoms with Gasteiger partial charge < -0.3 is 10.6 Å². The molecule has 0 aliphatic heterocycles. The van der Waals surface area contributed by atoms with Gasteiger partial charge in [-0.2, -0.15) is 0 Å². The molecule has 1 atom stereocenters. The van der Waals surface area contributed by atoms with Gasteiger partial charge in [0.05, 0.1) is 5.52 Å². The maximum Gasteiger partial charge on any atom is 0.220 e. The van der Waals surface area contributed by atoms with Crippen molar-refractivity contribution in [1.82, 2.24) is 10.3 Å². The number of nitrogens with zero attached hydrogens (tertiary/aromatic N) is 1. The molecule has 0 saturated carbocycles.